The molecule has 0 amide bonds. The van der Waals surface area contributed by atoms with Gasteiger partial charge in [-0.15, -0.1) is 0 Å². The van der Waals surface area contributed by atoms with Crippen molar-refractivity contribution in [2.75, 3.05) is 0 Å². The molecule has 1 aromatic rings. The Labute approximate surface area is 81.8 Å². The summed E-state index contributed by atoms with van der Waals surface area (Å²) in [5.74, 6) is 0. The van der Waals surface area contributed by atoms with Crippen LogP contribution in [0.1, 0.15) is 24.5 Å². The van der Waals surface area contributed by atoms with Gasteiger partial charge in [-0.05, 0) is 17.5 Å². The van der Waals surface area contributed by atoms with Crippen LogP contribution in [-0.2, 0) is 12.8 Å². The summed E-state index contributed by atoms with van der Waals surface area (Å²) in [6.45, 7) is 2.01. The predicted molar refractivity (Wildman–Crippen MR) is 50.2 cm³/mol. The zero-order valence-corrected chi connectivity index (χ0v) is 8.06. The SMILES string of the molecule is CCCc1cccc(CC(F)(F)F)c1. The van der Waals surface area contributed by atoms with E-state index in [4.69, 9.17) is 0 Å². The smallest absolute Gasteiger partial charge is 0.171 e. The highest BCUT2D eigenvalue weighted by molar-refractivity contribution is 5.24. The number of benzene rings is 1. The highest BCUT2D eigenvalue weighted by Crippen LogP contribution is 2.21. The maximum absolute atomic E-state index is 12.1. The Morgan fingerprint density at radius 3 is 2.36 bits per heavy atom. The monoisotopic (exact) mass is 202 g/mol. The first-order valence-electron chi connectivity index (χ1n) is 4.66. The third-order valence-corrected chi connectivity index (χ3v) is 1.93. The molecule has 78 valence electrons. The molecule has 3 heteroatoms. The Hall–Kier alpha value is -0.990. The van der Waals surface area contributed by atoms with Gasteiger partial charge in [0.1, 0.15) is 0 Å². The average Bonchev–Trinajstić information content (AvgIpc) is 2.02. The molecule has 14 heavy (non-hydrogen) atoms. The quantitative estimate of drug-likeness (QED) is 0.700. The van der Waals surface area contributed by atoms with Crippen molar-refractivity contribution in [3.8, 4) is 0 Å². The topological polar surface area (TPSA) is 0 Å². The molecule has 0 heterocycles. The number of aryl methyl sites for hydroxylation is 1. The van der Waals surface area contributed by atoms with Crippen molar-refractivity contribution in [3.63, 3.8) is 0 Å². The molecule has 0 saturated carbocycles. The standard InChI is InChI=1S/C11H13F3/c1-2-4-9-5-3-6-10(7-9)8-11(12,13)14/h3,5-7H,2,4,8H2,1H3. The molecule has 0 N–H and O–H groups in total. The molecule has 0 bridgehead atoms. The minimum atomic E-state index is -4.11. The van der Waals surface area contributed by atoms with Crippen molar-refractivity contribution in [3.05, 3.63) is 35.4 Å². The highest BCUT2D eigenvalue weighted by Gasteiger charge is 2.27. The van der Waals surface area contributed by atoms with Crippen molar-refractivity contribution >= 4 is 0 Å². The average molecular weight is 202 g/mol. The Morgan fingerprint density at radius 2 is 1.79 bits per heavy atom. The van der Waals surface area contributed by atoms with E-state index in [9.17, 15) is 13.2 Å². The second-order valence-corrected chi connectivity index (χ2v) is 3.36. The Balaban J connectivity index is 2.73. The number of alkyl halides is 3. The van der Waals surface area contributed by atoms with Gasteiger partial charge in [0.15, 0.2) is 0 Å². The van der Waals surface area contributed by atoms with Crippen LogP contribution in [0.25, 0.3) is 0 Å². The van der Waals surface area contributed by atoms with Gasteiger partial charge in [0.05, 0.1) is 6.42 Å². The fourth-order valence-corrected chi connectivity index (χ4v) is 1.42. The molecule has 0 aliphatic heterocycles. The van der Waals surface area contributed by atoms with Gasteiger partial charge in [-0.25, -0.2) is 0 Å². The van der Waals surface area contributed by atoms with Crippen LogP contribution in [0.4, 0.5) is 13.2 Å². The maximum Gasteiger partial charge on any atom is 0.393 e. The highest BCUT2D eigenvalue weighted by atomic mass is 19.4. The number of rotatable bonds is 3. The van der Waals surface area contributed by atoms with E-state index in [1.165, 1.54) is 6.07 Å². The molecule has 0 radical (unpaired) electrons. The van der Waals surface area contributed by atoms with Crippen molar-refractivity contribution < 1.29 is 13.2 Å². The number of hydrogen-bond donors (Lipinski definition) is 0. The Morgan fingerprint density at radius 1 is 1.14 bits per heavy atom. The zero-order chi connectivity index (χ0) is 10.6. The predicted octanol–water partition coefficient (Wildman–Crippen LogP) is 3.74. The van der Waals surface area contributed by atoms with Crippen LogP contribution in [0.2, 0.25) is 0 Å². The van der Waals surface area contributed by atoms with Gasteiger partial charge >= 0.3 is 6.18 Å². The van der Waals surface area contributed by atoms with E-state index in [2.05, 4.69) is 0 Å². The van der Waals surface area contributed by atoms with E-state index in [-0.39, 0.29) is 0 Å². The van der Waals surface area contributed by atoms with Crippen LogP contribution < -0.4 is 0 Å². The number of hydrogen-bond acceptors (Lipinski definition) is 0. The molecular weight excluding hydrogens is 189 g/mol. The molecule has 0 aliphatic carbocycles. The van der Waals surface area contributed by atoms with E-state index >= 15 is 0 Å². The Kier molecular flexibility index (Phi) is 3.55. The Bertz CT molecular complexity index is 289. The summed E-state index contributed by atoms with van der Waals surface area (Å²) in [5, 5.41) is 0. The molecule has 0 unspecified atom stereocenters. The molecule has 0 aromatic heterocycles. The zero-order valence-electron chi connectivity index (χ0n) is 8.06. The van der Waals surface area contributed by atoms with Gasteiger partial charge in [-0.2, -0.15) is 13.2 Å². The first kappa shape index (κ1) is 11.1. The van der Waals surface area contributed by atoms with Crippen LogP contribution >= 0.6 is 0 Å². The van der Waals surface area contributed by atoms with Crippen molar-refractivity contribution in [2.45, 2.75) is 32.4 Å². The molecule has 1 aromatic carbocycles. The van der Waals surface area contributed by atoms with Crippen molar-refractivity contribution in [1.29, 1.82) is 0 Å². The van der Waals surface area contributed by atoms with Crippen LogP contribution in [0.5, 0.6) is 0 Å². The summed E-state index contributed by atoms with van der Waals surface area (Å²) >= 11 is 0. The molecule has 0 saturated heterocycles. The first-order valence-corrected chi connectivity index (χ1v) is 4.66. The molecular formula is C11H13F3. The lowest BCUT2D eigenvalue weighted by atomic mass is 10.0. The van der Waals surface area contributed by atoms with Gasteiger partial charge < -0.3 is 0 Å². The van der Waals surface area contributed by atoms with E-state index in [1.54, 1.807) is 12.1 Å². The fourth-order valence-electron chi connectivity index (χ4n) is 1.42. The third-order valence-electron chi connectivity index (χ3n) is 1.93. The third kappa shape index (κ3) is 3.81. The second kappa shape index (κ2) is 4.49. The summed E-state index contributed by atoms with van der Waals surface area (Å²) in [7, 11) is 0. The summed E-state index contributed by atoms with van der Waals surface area (Å²) in [6, 6.07) is 6.71. The molecule has 0 aliphatic rings. The van der Waals surface area contributed by atoms with E-state index in [0.717, 1.165) is 18.4 Å². The lowest BCUT2D eigenvalue weighted by molar-refractivity contribution is -0.127. The van der Waals surface area contributed by atoms with Crippen molar-refractivity contribution in [1.82, 2.24) is 0 Å². The molecule has 0 nitrogen and oxygen atoms in total. The van der Waals surface area contributed by atoms with Gasteiger partial charge in [0.25, 0.3) is 0 Å². The summed E-state index contributed by atoms with van der Waals surface area (Å²) in [4.78, 5) is 0. The van der Waals surface area contributed by atoms with Crippen LogP contribution in [-0.4, -0.2) is 6.18 Å². The fraction of sp³-hybridized carbons (Fsp3) is 0.455. The lowest BCUT2D eigenvalue weighted by Crippen LogP contribution is -2.11. The van der Waals surface area contributed by atoms with Crippen LogP contribution in [0.15, 0.2) is 24.3 Å². The summed E-state index contributed by atoms with van der Waals surface area (Å²) in [5.41, 5.74) is 1.33. The minimum Gasteiger partial charge on any atom is -0.171 e. The molecule has 0 fully saturated rings. The minimum absolute atomic E-state index is 0.350. The van der Waals surface area contributed by atoms with E-state index in [1.807, 2.05) is 13.0 Å². The van der Waals surface area contributed by atoms with E-state index < -0.39 is 12.6 Å². The summed E-state index contributed by atoms with van der Waals surface area (Å²) < 4.78 is 36.2. The second-order valence-electron chi connectivity index (χ2n) is 3.36. The van der Waals surface area contributed by atoms with E-state index in [0.29, 0.717) is 5.56 Å². The number of halogens is 3. The van der Waals surface area contributed by atoms with Gasteiger partial charge in [-0.1, -0.05) is 37.6 Å². The van der Waals surface area contributed by atoms with Crippen LogP contribution in [0, 0.1) is 0 Å². The molecule has 0 spiro atoms. The first-order chi connectivity index (χ1) is 6.51. The lowest BCUT2D eigenvalue weighted by Gasteiger charge is -2.07. The molecule has 1 rings (SSSR count). The van der Waals surface area contributed by atoms with Gasteiger partial charge in [0, 0.05) is 0 Å². The maximum atomic E-state index is 12.1. The molecule has 0 atom stereocenters. The summed E-state index contributed by atoms with van der Waals surface area (Å²) in [6.07, 6.45) is -3.14. The van der Waals surface area contributed by atoms with Gasteiger partial charge in [-0.3, -0.25) is 0 Å². The van der Waals surface area contributed by atoms with Gasteiger partial charge in [0.2, 0.25) is 0 Å². The largest absolute Gasteiger partial charge is 0.393 e. The van der Waals surface area contributed by atoms with Crippen LogP contribution in [0.3, 0.4) is 0 Å². The van der Waals surface area contributed by atoms with Crippen molar-refractivity contribution in [2.24, 2.45) is 0 Å². The normalized spacial score (nSPS) is 11.7.